The summed E-state index contributed by atoms with van der Waals surface area (Å²) in [5.41, 5.74) is -3.69. The van der Waals surface area contributed by atoms with Gasteiger partial charge in [-0.25, -0.2) is 0 Å². The van der Waals surface area contributed by atoms with E-state index in [1.165, 1.54) is 0 Å². The van der Waals surface area contributed by atoms with E-state index in [1.807, 2.05) is 13.8 Å². The van der Waals surface area contributed by atoms with E-state index in [4.69, 9.17) is 0 Å². The van der Waals surface area contributed by atoms with Crippen molar-refractivity contribution in [2.45, 2.75) is 76.1 Å². The number of carbonyl (C=O) groups is 2. The Hall–Kier alpha value is -1.08. The van der Waals surface area contributed by atoms with Crippen molar-refractivity contribution in [1.29, 1.82) is 0 Å². The van der Waals surface area contributed by atoms with Crippen LogP contribution in [0.4, 0.5) is 0 Å². The van der Waals surface area contributed by atoms with Gasteiger partial charge in [-0.15, -0.1) is 0 Å². The first-order valence-electron chi connectivity index (χ1n) is 10.1. The molecule has 0 unspecified atom stereocenters. The van der Waals surface area contributed by atoms with Crippen LogP contribution in [-0.4, -0.2) is 55.9 Å². The van der Waals surface area contributed by atoms with Crippen LogP contribution in [-0.2, 0) is 9.59 Å². The summed E-state index contributed by atoms with van der Waals surface area (Å²) in [6.07, 6.45) is 3.62. The number of hydrogen-bond donors (Lipinski definition) is 4. The SMILES string of the molecule is C[C@]12CCC(=O)C=C1CC[C@H]1[C@@H]3CC[C@](O)(C(=O)CO)[C@@]3(C)C[C@H](O)[C@@]12O. The van der Waals surface area contributed by atoms with Crippen LogP contribution in [0.25, 0.3) is 0 Å². The van der Waals surface area contributed by atoms with Gasteiger partial charge in [-0.05, 0) is 56.4 Å². The Kier molecular flexibility index (Phi) is 4.08. The van der Waals surface area contributed by atoms with Crippen molar-refractivity contribution in [3.05, 3.63) is 11.6 Å². The molecule has 6 heteroatoms. The van der Waals surface area contributed by atoms with Gasteiger partial charge < -0.3 is 20.4 Å². The average molecular weight is 378 g/mol. The number of hydrogen-bond acceptors (Lipinski definition) is 6. The molecular formula is C21H30O6. The maximum absolute atomic E-state index is 12.4. The third-order valence-corrected chi connectivity index (χ3v) is 8.89. The molecule has 4 aliphatic rings. The summed E-state index contributed by atoms with van der Waals surface area (Å²) in [7, 11) is 0. The highest BCUT2D eigenvalue weighted by molar-refractivity contribution is 5.92. The van der Waals surface area contributed by atoms with Crippen LogP contribution in [0.1, 0.15) is 58.8 Å². The Labute approximate surface area is 159 Å². The maximum Gasteiger partial charge on any atom is 0.190 e. The molecule has 0 amide bonds. The number of carbonyl (C=O) groups excluding carboxylic acids is 2. The van der Waals surface area contributed by atoms with Crippen molar-refractivity contribution in [3.63, 3.8) is 0 Å². The summed E-state index contributed by atoms with van der Waals surface area (Å²) in [5.74, 6) is -0.913. The van der Waals surface area contributed by atoms with Crippen molar-refractivity contribution >= 4 is 11.6 Å². The summed E-state index contributed by atoms with van der Waals surface area (Å²) < 4.78 is 0. The Balaban J connectivity index is 1.80. The lowest BCUT2D eigenvalue weighted by Gasteiger charge is -2.64. The lowest BCUT2D eigenvalue weighted by atomic mass is 9.43. The van der Waals surface area contributed by atoms with Crippen molar-refractivity contribution in [2.24, 2.45) is 22.7 Å². The minimum atomic E-state index is -1.67. The van der Waals surface area contributed by atoms with Gasteiger partial charge in [0.1, 0.15) is 17.8 Å². The van der Waals surface area contributed by atoms with E-state index in [1.54, 1.807) is 6.08 Å². The van der Waals surface area contributed by atoms with Crippen LogP contribution in [0.2, 0.25) is 0 Å². The number of aliphatic hydroxyl groups excluding tert-OH is 2. The second-order valence-electron chi connectivity index (χ2n) is 9.66. The van der Waals surface area contributed by atoms with Crippen molar-refractivity contribution < 1.29 is 30.0 Å². The van der Waals surface area contributed by atoms with Gasteiger partial charge in [0.2, 0.25) is 0 Å². The number of aliphatic hydroxyl groups is 4. The highest BCUT2D eigenvalue weighted by Crippen LogP contribution is 2.69. The molecule has 4 aliphatic carbocycles. The molecule has 0 aromatic carbocycles. The largest absolute Gasteiger partial charge is 0.390 e. The molecule has 0 spiro atoms. The van der Waals surface area contributed by atoms with Crippen LogP contribution < -0.4 is 0 Å². The highest BCUT2D eigenvalue weighted by atomic mass is 16.3. The number of ketones is 2. The van der Waals surface area contributed by atoms with Crippen molar-refractivity contribution in [1.82, 2.24) is 0 Å². The zero-order valence-corrected chi connectivity index (χ0v) is 16.1. The average Bonchev–Trinajstić information content (AvgIpc) is 2.88. The molecule has 6 nitrogen and oxygen atoms in total. The van der Waals surface area contributed by atoms with Crippen LogP contribution in [0.15, 0.2) is 11.6 Å². The molecule has 0 heterocycles. The first-order chi connectivity index (χ1) is 12.5. The van der Waals surface area contributed by atoms with Gasteiger partial charge in [0.05, 0.1) is 6.10 Å². The Morgan fingerprint density at radius 1 is 1.15 bits per heavy atom. The molecule has 4 rings (SSSR count). The summed E-state index contributed by atoms with van der Waals surface area (Å²) in [4.78, 5) is 24.3. The fourth-order valence-corrected chi connectivity index (χ4v) is 7.21. The first kappa shape index (κ1) is 19.2. The zero-order valence-electron chi connectivity index (χ0n) is 16.1. The molecule has 7 atom stereocenters. The second-order valence-corrected chi connectivity index (χ2v) is 9.66. The zero-order chi connectivity index (χ0) is 19.8. The van der Waals surface area contributed by atoms with Gasteiger partial charge in [-0.3, -0.25) is 9.59 Å². The lowest BCUT2D eigenvalue weighted by Crippen LogP contribution is -2.71. The molecule has 0 aromatic rings. The molecule has 3 fully saturated rings. The molecule has 0 aromatic heterocycles. The predicted octanol–water partition coefficient (Wildman–Crippen LogP) is 0.896. The van der Waals surface area contributed by atoms with E-state index in [0.717, 1.165) is 5.57 Å². The van der Waals surface area contributed by atoms with Crippen LogP contribution in [0.3, 0.4) is 0 Å². The third-order valence-electron chi connectivity index (χ3n) is 8.89. The Bertz CT molecular complexity index is 730. The van der Waals surface area contributed by atoms with E-state index in [2.05, 4.69) is 0 Å². The fourth-order valence-electron chi connectivity index (χ4n) is 7.21. The summed E-state index contributed by atoms with van der Waals surface area (Å²) >= 11 is 0. The number of fused-ring (bicyclic) bond motifs is 5. The number of rotatable bonds is 2. The van der Waals surface area contributed by atoms with E-state index in [9.17, 15) is 30.0 Å². The van der Waals surface area contributed by atoms with Gasteiger partial charge in [-0.1, -0.05) is 19.4 Å². The smallest absolute Gasteiger partial charge is 0.190 e. The van der Waals surface area contributed by atoms with E-state index >= 15 is 0 Å². The number of Topliss-reactive ketones (excluding diaryl/α,β-unsaturated/α-hetero) is 1. The van der Waals surface area contributed by atoms with Gasteiger partial charge in [0.25, 0.3) is 0 Å². The van der Waals surface area contributed by atoms with E-state index in [-0.39, 0.29) is 30.5 Å². The summed E-state index contributed by atoms with van der Waals surface area (Å²) in [5, 5.41) is 43.6. The molecule has 150 valence electrons. The monoisotopic (exact) mass is 378 g/mol. The maximum atomic E-state index is 12.4. The molecule has 4 N–H and O–H groups in total. The molecule has 0 saturated heterocycles. The molecule has 0 radical (unpaired) electrons. The third kappa shape index (κ3) is 2.10. The summed E-state index contributed by atoms with van der Waals surface area (Å²) in [6.45, 7) is 3.04. The van der Waals surface area contributed by atoms with Crippen molar-refractivity contribution in [3.8, 4) is 0 Å². The molecule has 3 saturated carbocycles. The minimum absolute atomic E-state index is 0.0726. The lowest BCUT2D eigenvalue weighted by molar-refractivity contribution is -0.258. The van der Waals surface area contributed by atoms with Crippen LogP contribution in [0, 0.1) is 22.7 Å². The minimum Gasteiger partial charge on any atom is -0.390 e. The van der Waals surface area contributed by atoms with Crippen LogP contribution in [0.5, 0.6) is 0 Å². The van der Waals surface area contributed by atoms with E-state index < -0.39 is 40.5 Å². The first-order valence-corrected chi connectivity index (χ1v) is 10.1. The van der Waals surface area contributed by atoms with Gasteiger partial charge in [-0.2, -0.15) is 0 Å². The Morgan fingerprint density at radius 3 is 2.52 bits per heavy atom. The van der Waals surface area contributed by atoms with Crippen molar-refractivity contribution in [2.75, 3.05) is 6.61 Å². The Morgan fingerprint density at radius 2 is 1.85 bits per heavy atom. The molecular weight excluding hydrogens is 348 g/mol. The van der Waals surface area contributed by atoms with Gasteiger partial charge in [0, 0.05) is 17.3 Å². The van der Waals surface area contributed by atoms with Crippen LogP contribution >= 0.6 is 0 Å². The predicted molar refractivity (Wildman–Crippen MR) is 96.6 cm³/mol. The fraction of sp³-hybridized carbons (Fsp3) is 0.810. The summed E-state index contributed by atoms with van der Waals surface area (Å²) in [6, 6.07) is 0. The second kappa shape index (κ2) is 5.72. The quantitative estimate of drug-likeness (QED) is 0.567. The molecule has 27 heavy (non-hydrogen) atoms. The molecule has 0 aliphatic heterocycles. The highest BCUT2D eigenvalue weighted by Gasteiger charge is 2.73. The van der Waals surface area contributed by atoms with Gasteiger partial charge >= 0.3 is 0 Å². The standard InChI is InChI=1S/C21H30O6/c1-18-7-5-13(23)9-12(18)3-4-15-14-6-8-20(26,17(25)11-22)19(14,2)10-16(24)21(15,18)27/h9,14-16,22,24,26-27H,3-8,10-11H2,1-2H3/t14-,15-,16-,18-,19-,20-,21-/m0/s1. The topological polar surface area (TPSA) is 115 Å². The van der Waals surface area contributed by atoms with Gasteiger partial charge in [0.15, 0.2) is 11.6 Å². The molecule has 0 bridgehead atoms. The van der Waals surface area contributed by atoms with E-state index in [0.29, 0.717) is 32.1 Å². The normalized spacial score (nSPS) is 51.9.